The molecular weight excluding hydrogens is 234 g/mol. The van der Waals surface area contributed by atoms with Crippen LogP contribution in [0.15, 0.2) is 23.7 Å². The molecule has 0 radical (unpaired) electrons. The lowest BCUT2D eigenvalue weighted by Gasteiger charge is -2.02. The maximum absolute atomic E-state index is 11.6. The van der Waals surface area contributed by atoms with Gasteiger partial charge in [-0.1, -0.05) is 12.1 Å². The Morgan fingerprint density at radius 3 is 3.29 bits per heavy atom. The van der Waals surface area contributed by atoms with E-state index in [4.69, 9.17) is 4.74 Å². The van der Waals surface area contributed by atoms with Gasteiger partial charge in [0.25, 0.3) is 0 Å². The molecule has 1 saturated carbocycles. The van der Waals surface area contributed by atoms with Gasteiger partial charge >= 0.3 is 5.97 Å². The summed E-state index contributed by atoms with van der Waals surface area (Å²) in [4.78, 5) is 15.9. The molecular formula is C13H13NO2S. The van der Waals surface area contributed by atoms with Crippen LogP contribution in [0.5, 0.6) is 0 Å². The van der Waals surface area contributed by atoms with Crippen LogP contribution in [-0.2, 0) is 9.53 Å². The summed E-state index contributed by atoms with van der Waals surface area (Å²) in [7, 11) is 0. The molecule has 1 aromatic heterocycles. The van der Waals surface area contributed by atoms with Crippen LogP contribution in [0.4, 0.5) is 0 Å². The van der Waals surface area contributed by atoms with Crippen LogP contribution in [0.25, 0.3) is 10.2 Å². The topological polar surface area (TPSA) is 39.2 Å². The smallest absolute Gasteiger partial charge is 0.309 e. The van der Waals surface area contributed by atoms with Gasteiger partial charge in [0.05, 0.1) is 28.3 Å². The lowest BCUT2D eigenvalue weighted by atomic mass is 10.1. The fourth-order valence-corrected chi connectivity index (χ4v) is 3.12. The molecule has 0 bridgehead atoms. The van der Waals surface area contributed by atoms with Crippen molar-refractivity contribution in [2.24, 2.45) is 5.92 Å². The molecule has 0 N–H and O–H groups in total. The molecule has 0 amide bonds. The van der Waals surface area contributed by atoms with Gasteiger partial charge in [-0.05, 0) is 30.9 Å². The zero-order valence-corrected chi connectivity index (χ0v) is 10.4. The molecule has 88 valence electrons. The van der Waals surface area contributed by atoms with Gasteiger partial charge in [-0.3, -0.25) is 4.79 Å². The van der Waals surface area contributed by atoms with Gasteiger partial charge < -0.3 is 4.74 Å². The molecule has 1 aromatic carbocycles. The van der Waals surface area contributed by atoms with E-state index in [-0.39, 0.29) is 11.9 Å². The predicted molar refractivity (Wildman–Crippen MR) is 67.1 cm³/mol. The van der Waals surface area contributed by atoms with E-state index >= 15 is 0 Å². The number of hydrogen-bond acceptors (Lipinski definition) is 4. The fourth-order valence-electron chi connectivity index (χ4n) is 2.25. The Hall–Kier alpha value is -1.42. The minimum atomic E-state index is -0.0565. The molecule has 2 unspecified atom stereocenters. The Morgan fingerprint density at radius 2 is 2.47 bits per heavy atom. The summed E-state index contributed by atoms with van der Waals surface area (Å²) in [6, 6.07) is 6.12. The van der Waals surface area contributed by atoms with Crippen molar-refractivity contribution in [3.05, 3.63) is 29.3 Å². The van der Waals surface area contributed by atoms with Gasteiger partial charge in [0.2, 0.25) is 0 Å². The summed E-state index contributed by atoms with van der Waals surface area (Å²) < 4.78 is 6.27. The lowest BCUT2D eigenvalue weighted by Crippen LogP contribution is -2.07. The second kappa shape index (κ2) is 4.11. The number of ether oxygens (including phenoxy) is 1. The fraction of sp³-hybridized carbons (Fsp3) is 0.385. The van der Waals surface area contributed by atoms with Crippen molar-refractivity contribution in [3.8, 4) is 0 Å². The maximum atomic E-state index is 11.6. The third-order valence-corrected chi connectivity index (χ3v) is 4.06. The monoisotopic (exact) mass is 247 g/mol. The Kier molecular flexibility index (Phi) is 2.59. The number of fused-ring (bicyclic) bond motifs is 1. The minimum Gasteiger partial charge on any atom is -0.466 e. The molecule has 17 heavy (non-hydrogen) atoms. The summed E-state index contributed by atoms with van der Waals surface area (Å²) in [5.74, 6) is 0.333. The molecule has 1 aliphatic carbocycles. The van der Waals surface area contributed by atoms with Crippen molar-refractivity contribution in [3.63, 3.8) is 0 Å². The molecule has 4 heteroatoms. The Labute approximate surface area is 103 Å². The van der Waals surface area contributed by atoms with E-state index in [9.17, 15) is 4.79 Å². The third-order valence-electron chi connectivity index (χ3n) is 3.17. The second-order valence-electron chi connectivity index (χ2n) is 4.25. The number of carbonyl (C=O) groups is 1. The van der Waals surface area contributed by atoms with E-state index in [2.05, 4.69) is 11.1 Å². The molecule has 1 fully saturated rings. The molecule has 0 saturated heterocycles. The van der Waals surface area contributed by atoms with Gasteiger partial charge in [0.15, 0.2) is 0 Å². The van der Waals surface area contributed by atoms with Crippen LogP contribution < -0.4 is 0 Å². The van der Waals surface area contributed by atoms with E-state index < -0.39 is 0 Å². The molecule has 2 aromatic rings. The normalized spacial score (nSPS) is 22.6. The van der Waals surface area contributed by atoms with Crippen LogP contribution in [0, 0.1) is 5.92 Å². The summed E-state index contributed by atoms with van der Waals surface area (Å²) in [6.07, 6.45) is 0.913. The van der Waals surface area contributed by atoms with E-state index in [0.717, 1.165) is 11.9 Å². The third kappa shape index (κ3) is 1.82. The van der Waals surface area contributed by atoms with E-state index in [1.165, 1.54) is 10.3 Å². The van der Waals surface area contributed by atoms with Crippen molar-refractivity contribution in [1.82, 2.24) is 4.98 Å². The summed E-state index contributed by atoms with van der Waals surface area (Å²) >= 11 is 1.65. The van der Waals surface area contributed by atoms with Gasteiger partial charge in [-0.15, -0.1) is 11.3 Å². The molecule has 3 nitrogen and oxygen atoms in total. The number of benzene rings is 1. The number of rotatable bonds is 3. The highest BCUT2D eigenvalue weighted by molar-refractivity contribution is 7.17. The van der Waals surface area contributed by atoms with Gasteiger partial charge in [0, 0.05) is 0 Å². The van der Waals surface area contributed by atoms with Crippen molar-refractivity contribution in [1.29, 1.82) is 0 Å². The SMILES string of the molecule is CCOC(=O)C1CC1c1cccc2ncsc12. The van der Waals surface area contributed by atoms with Crippen molar-refractivity contribution in [2.75, 3.05) is 6.61 Å². The van der Waals surface area contributed by atoms with Crippen LogP contribution in [0.1, 0.15) is 24.8 Å². The van der Waals surface area contributed by atoms with E-state index in [1.807, 2.05) is 24.6 Å². The Morgan fingerprint density at radius 1 is 1.59 bits per heavy atom. The average molecular weight is 247 g/mol. The number of hydrogen-bond donors (Lipinski definition) is 0. The standard InChI is InChI=1S/C13H13NO2S/c1-2-16-13(15)10-6-9(10)8-4-3-5-11-12(8)17-7-14-11/h3-5,7,9-10H,2,6H2,1H3. The van der Waals surface area contributed by atoms with Gasteiger partial charge in [-0.2, -0.15) is 0 Å². The largest absolute Gasteiger partial charge is 0.466 e. The van der Waals surface area contributed by atoms with Crippen LogP contribution >= 0.6 is 11.3 Å². The number of carbonyl (C=O) groups excluding carboxylic acids is 1. The quantitative estimate of drug-likeness (QED) is 0.783. The lowest BCUT2D eigenvalue weighted by molar-refractivity contribution is -0.144. The first-order valence-corrected chi connectivity index (χ1v) is 6.68. The molecule has 1 heterocycles. The molecule has 1 aliphatic rings. The highest BCUT2D eigenvalue weighted by Crippen LogP contribution is 2.50. The van der Waals surface area contributed by atoms with Crippen LogP contribution in [0.3, 0.4) is 0 Å². The van der Waals surface area contributed by atoms with Crippen LogP contribution in [-0.4, -0.2) is 17.6 Å². The maximum Gasteiger partial charge on any atom is 0.309 e. The minimum absolute atomic E-state index is 0.0565. The number of thiazole rings is 1. The summed E-state index contributed by atoms with van der Waals surface area (Å²) in [5, 5.41) is 0. The molecule has 0 aliphatic heterocycles. The average Bonchev–Trinajstić information content (AvgIpc) is 2.98. The van der Waals surface area contributed by atoms with E-state index in [0.29, 0.717) is 12.5 Å². The van der Waals surface area contributed by atoms with Gasteiger partial charge in [-0.25, -0.2) is 4.98 Å². The van der Waals surface area contributed by atoms with E-state index in [1.54, 1.807) is 11.3 Å². The first kappa shape index (κ1) is 10.7. The number of nitrogens with zero attached hydrogens (tertiary/aromatic N) is 1. The Balaban J connectivity index is 1.87. The molecule has 2 atom stereocenters. The highest BCUT2D eigenvalue weighted by Gasteiger charge is 2.45. The zero-order valence-electron chi connectivity index (χ0n) is 9.55. The van der Waals surface area contributed by atoms with Crippen molar-refractivity contribution < 1.29 is 9.53 Å². The van der Waals surface area contributed by atoms with Crippen molar-refractivity contribution in [2.45, 2.75) is 19.3 Å². The predicted octanol–water partition coefficient (Wildman–Crippen LogP) is 2.96. The summed E-state index contributed by atoms with van der Waals surface area (Å²) in [5.41, 5.74) is 4.14. The molecule has 0 spiro atoms. The zero-order chi connectivity index (χ0) is 11.8. The van der Waals surface area contributed by atoms with Crippen molar-refractivity contribution >= 4 is 27.5 Å². The van der Waals surface area contributed by atoms with Gasteiger partial charge in [0.1, 0.15) is 0 Å². The highest BCUT2D eigenvalue weighted by atomic mass is 32.1. The Bertz CT molecular complexity index is 563. The molecule has 3 rings (SSSR count). The number of aromatic nitrogens is 1. The first-order chi connectivity index (χ1) is 8.31. The second-order valence-corrected chi connectivity index (χ2v) is 5.10. The first-order valence-electron chi connectivity index (χ1n) is 5.80. The number of esters is 1. The summed E-state index contributed by atoms with van der Waals surface area (Å²) in [6.45, 7) is 2.31. The van der Waals surface area contributed by atoms with Crippen LogP contribution in [0.2, 0.25) is 0 Å².